The van der Waals surface area contributed by atoms with Gasteiger partial charge in [0.05, 0.1) is 4.92 Å². The third kappa shape index (κ3) is 1.13. The number of nitro groups is 1. The van der Waals surface area contributed by atoms with Gasteiger partial charge in [0, 0.05) is 11.6 Å². The minimum atomic E-state index is -0.442. The molecule has 3 nitrogen and oxygen atoms in total. The van der Waals surface area contributed by atoms with Crippen LogP contribution in [0.4, 0.5) is 5.69 Å². The van der Waals surface area contributed by atoms with E-state index in [1.807, 2.05) is 0 Å². The van der Waals surface area contributed by atoms with E-state index in [2.05, 4.69) is 6.92 Å². The lowest BCUT2D eigenvalue weighted by molar-refractivity contribution is -0.385. The van der Waals surface area contributed by atoms with Crippen LogP contribution in [0.2, 0.25) is 0 Å². The minimum absolute atomic E-state index is 0.0718. The first-order valence-corrected chi connectivity index (χ1v) is 2.77. The minimum Gasteiger partial charge on any atom is -0.258 e. The Labute approximate surface area is 58.4 Å². The second-order valence-electron chi connectivity index (χ2n) is 1.89. The Hall–Kier alpha value is -1.38. The van der Waals surface area contributed by atoms with Crippen LogP contribution in [0.3, 0.4) is 0 Å². The number of nitrogens with zero attached hydrogens (tertiary/aromatic N) is 1. The standard InChI is InChI=1S/C7H6NO2/c1-6-4-2-3-5-7(6)8(9)10/h2-5H,1H2. The van der Waals surface area contributed by atoms with Crippen LogP contribution in [0.5, 0.6) is 0 Å². The van der Waals surface area contributed by atoms with Crippen molar-refractivity contribution < 1.29 is 4.92 Å². The van der Waals surface area contributed by atoms with E-state index in [4.69, 9.17) is 0 Å². The molecule has 0 aromatic heterocycles. The van der Waals surface area contributed by atoms with E-state index in [0.717, 1.165) is 0 Å². The van der Waals surface area contributed by atoms with Crippen molar-refractivity contribution in [1.29, 1.82) is 0 Å². The van der Waals surface area contributed by atoms with Gasteiger partial charge in [0.25, 0.3) is 5.69 Å². The number of para-hydroxylation sites is 1. The van der Waals surface area contributed by atoms with Gasteiger partial charge in [-0.25, -0.2) is 0 Å². The second kappa shape index (κ2) is 2.47. The van der Waals surface area contributed by atoms with Crippen LogP contribution >= 0.6 is 0 Å². The van der Waals surface area contributed by atoms with Crippen LogP contribution < -0.4 is 0 Å². The maximum absolute atomic E-state index is 10.2. The van der Waals surface area contributed by atoms with Crippen molar-refractivity contribution in [2.45, 2.75) is 0 Å². The molecule has 0 amide bonds. The quantitative estimate of drug-likeness (QED) is 0.436. The highest BCUT2D eigenvalue weighted by Crippen LogP contribution is 2.14. The molecule has 0 N–H and O–H groups in total. The molecule has 10 heavy (non-hydrogen) atoms. The van der Waals surface area contributed by atoms with Gasteiger partial charge in [0.1, 0.15) is 0 Å². The van der Waals surface area contributed by atoms with Crippen LogP contribution in [0, 0.1) is 17.0 Å². The predicted octanol–water partition coefficient (Wildman–Crippen LogP) is 1.78. The number of benzene rings is 1. The molecule has 1 radical (unpaired) electrons. The van der Waals surface area contributed by atoms with E-state index in [9.17, 15) is 10.1 Å². The highest BCUT2D eigenvalue weighted by molar-refractivity contribution is 5.41. The topological polar surface area (TPSA) is 43.1 Å². The van der Waals surface area contributed by atoms with Gasteiger partial charge in [-0.05, 0) is 6.92 Å². The summed E-state index contributed by atoms with van der Waals surface area (Å²) in [6.07, 6.45) is 0. The first-order valence-electron chi connectivity index (χ1n) is 2.77. The van der Waals surface area contributed by atoms with Gasteiger partial charge in [-0.3, -0.25) is 10.1 Å². The number of nitro benzene ring substituents is 1. The number of hydrogen-bond acceptors (Lipinski definition) is 2. The fourth-order valence-electron chi connectivity index (χ4n) is 0.689. The van der Waals surface area contributed by atoms with E-state index >= 15 is 0 Å². The van der Waals surface area contributed by atoms with Crippen molar-refractivity contribution in [2.24, 2.45) is 0 Å². The van der Waals surface area contributed by atoms with Gasteiger partial charge >= 0.3 is 0 Å². The largest absolute Gasteiger partial charge is 0.272 e. The molecule has 0 saturated carbocycles. The van der Waals surface area contributed by atoms with E-state index < -0.39 is 4.92 Å². The Morgan fingerprint density at radius 2 is 2.00 bits per heavy atom. The second-order valence-corrected chi connectivity index (χ2v) is 1.89. The lowest BCUT2D eigenvalue weighted by atomic mass is 10.2. The van der Waals surface area contributed by atoms with Gasteiger partial charge in [0.15, 0.2) is 0 Å². The SMILES string of the molecule is [CH2]c1ccccc1[N+](=O)[O-]. The molecular weight excluding hydrogens is 130 g/mol. The molecule has 0 unspecified atom stereocenters. The molecule has 3 heteroatoms. The van der Waals surface area contributed by atoms with E-state index in [-0.39, 0.29) is 5.69 Å². The van der Waals surface area contributed by atoms with Gasteiger partial charge in [-0.15, -0.1) is 0 Å². The predicted molar refractivity (Wildman–Crippen MR) is 37.6 cm³/mol. The molecule has 0 atom stereocenters. The van der Waals surface area contributed by atoms with Crippen LogP contribution in [0.25, 0.3) is 0 Å². The van der Waals surface area contributed by atoms with Gasteiger partial charge in [-0.1, -0.05) is 18.2 Å². The first-order chi connectivity index (χ1) is 4.72. The molecule has 0 bridgehead atoms. The zero-order chi connectivity index (χ0) is 7.56. The summed E-state index contributed by atoms with van der Waals surface area (Å²) in [7, 11) is 0. The maximum Gasteiger partial charge on any atom is 0.272 e. The van der Waals surface area contributed by atoms with Crippen molar-refractivity contribution in [1.82, 2.24) is 0 Å². The average molecular weight is 136 g/mol. The maximum atomic E-state index is 10.2. The van der Waals surface area contributed by atoms with Gasteiger partial charge in [0.2, 0.25) is 0 Å². The van der Waals surface area contributed by atoms with Crippen LogP contribution in [-0.2, 0) is 0 Å². The lowest BCUT2D eigenvalue weighted by Gasteiger charge is -1.92. The molecule has 0 fully saturated rings. The van der Waals surface area contributed by atoms with E-state index in [1.165, 1.54) is 6.07 Å². The smallest absolute Gasteiger partial charge is 0.258 e. The monoisotopic (exact) mass is 136 g/mol. The Morgan fingerprint density at radius 1 is 1.40 bits per heavy atom. The molecule has 0 heterocycles. The first kappa shape index (κ1) is 6.74. The summed E-state index contributed by atoms with van der Waals surface area (Å²) in [5.74, 6) is 0. The van der Waals surface area contributed by atoms with Crippen LogP contribution in [0.1, 0.15) is 5.56 Å². The molecule has 51 valence electrons. The Kier molecular flexibility index (Phi) is 1.67. The third-order valence-electron chi connectivity index (χ3n) is 1.19. The fraction of sp³-hybridized carbons (Fsp3) is 0. The third-order valence-corrected chi connectivity index (χ3v) is 1.19. The summed E-state index contributed by atoms with van der Waals surface area (Å²) >= 11 is 0. The summed E-state index contributed by atoms with van der Waals surface area (Å²) in [5, 5.41) is 10.2. The molecule has 1 aromatic rings. The Bertz CT molecular complexity index is 258. The van der Waals surface area contributed by atoms with Crippen LogP contribution in [-0.4, -0.2) is 4.92 Å². The van der Waals surface area contributed by atoms with Crippen molar-refractivity contribution >= 4 is 5.69 Å². The molecular formula is C7H6NO2. The zero-order valence-corrected chi connectivity index (χ0v) is 5.28. The van der Waals surface area contributed by atoms with E-state index in [0.29, 0.717) is 5.56 Å². The molecule has 0 aliphatic heterocycles. The highest BCUT2D eigenvalue weighted by atomic mass is 16.6. The average Bonchev–Trinajstić information content (AvgIpc) is 1.88. The van der Waals surface area contributed by atoms with Gasteiger partial charge < -0.3 is 0 Å². The summed E-state index contributed by atoms with van der Waals surface area (Å²) in [4.78, 5) is 9.75. The summed E-state index contributed by atoms with van der Waals surface area (Å²) < 4.78 is 0. The van der Waals surface area contributed by atoms with Crippen molar-refractivity contribution in [3.05, 3.63) is 46.9 Å². The summed E-state index contributed by atoms with van der Waals surface area (Å²) in [6, 6.07) is 6.38. The fourth-order valence-corrected chi connectivity index (χ4v) is 0.689. The zero-order valence-electron chi connectivity index (χ0n) is 5.28. The van der Waals surface area contributed by atoms with E-state index in [1.54, 1.807) is 18.2 Å². The van der Waals surface area contributed by atoms with Crippen molar-refractivity contribution in [3.63, 3.8) is 0 Å². The Balaban J connectivity index is 3.15. The molecule has 1 aromatic carbocycles. The number of rotatable bonds is 1. The Morgan fingerprint density at radius 3 is 2.40 bits per heavy atom. The number of hydrogen-bond donors (Lipinski definition) is 0. The molecule has 0 aliphatic rings. The van der Waals surface area contributed by atoms with Crippen molar-refractivity contribution in [3.8, 4) is 0 Å². The normalized spacial score (nSPS) is 9.30. The lowest BCUT2D eigenvalue weighted by Crippen LogP contribution is -1.89. The highest BCUT2D eigenvalue weighted by Gasteiger charge is 2.06. The summed E-state index contributed by atoms with van der Waals surface area (Å²) in [6.45, 7) is 3.50. The molecule has 0 saturated heterocycles. The summed E-state index contributed by atoms with van der Waals surface area (Å²) in [5.41, 5.74) is 0.523. The van der Waals surface area contributed by atoms with Crippen LogP contribution in [0.15, 0.2) is 24.3 Å². The molecule has 1 rings (SSSR count). The molecule has 0 aliphatic carbocycles. The van der Waals surface area contributed by atoms with Gasteiger partial charge in [-0.2, -0.15) is 0 Å². The van der Waals surface area contributed by atoms with Crippen molar-refractivity contribution in [2.75, 3.05) is 0 Å². The molecule has 0 spiro atoms.